The van der Waals surface area contributed by atoms with Crippen LogP contribution in [-0.2, 0) is 4.79 Å². The number of amides is 2. The summed E-state index contributed by atoms with van der Waals surface area (Å²) in [5.41, 5.74) is 0.861. The van der Waals surface area contributed by atoms with Gasteiger partial charge in [0.05, 0.1) is 7.11 Å². The maximum atomic E-state index is 12.5. The predicted octanol–water partition coefficient (Wildman–Crippen LogP) is 2.63. The third-order valence-corrected chi connectivity index (χ3v) is 3.76. The third kappa shape index (κ3) is 4.84. The second-order valence-electron chi connectivity index (χ2n) is 6.67. The van der Waals surface area contributed by atoms with Gasteiger partial charge < -0.3 is 19.9 Å². The quantitative estimate of drug-likeness (QED) is 0.793. The van der Waals surface area contributed by atoms with Crippen molar-refractivity contribution in [3.63, 3.8) is 0 Å². The van der Waals surface area contributed by atoms with Crippen LogP contribution in [0.5, 0.6) is 5.75 Å². The fourth-order valence-electron chi connectivity index (χ4n) is 2.42. The number of nitrogens with zero attached hydrogens (tertiary/aromatic N) is 1. The number of hydrogen-bond acceptors (Lipinski definition) is 5. The molecule has 0 bridgehead atoms. The van der Waals surface area contributed by atoms with E-state index in [4.69, 9.17) is 9.26 Å². The lowest BCUT2D eigenvalue weighted by molar-refractivity contribution is -0.124. The van der Waals surface area contributed by atoms with Gasteiger partial charge in [0.2, 0.25) is 5.91 Å². The summed E-state index contributed by atoms with van der Waals surface area (Å²) < 4.78 is 10.5. The van der Waals surface area contributed by atoms with Gasteiger partial charge in [-0.2, -0.15) is 0 Å². The molecule has 1 unspecified atom stereocenters. The summed E-state index contributed by atoms with van der Waals surface area (Å²) in [7, 11) is 1.58. The molecular formula is C19H25N3O4. The van der Waals surface area contributed by atoms with E-state index in [9.17, 15) is 9.59 Å². The van der Waals surface area contributed by atoms with E-state index in [0.29, 0.717) is 11.5 Å². The van der Waals surface area contributed by atoms with Gasteiger partial charge in [0.25, 0.3) is 5.91 Å². The number of nitrogens with one attached hydrogen (secondary N) is 2. The molecule has 1 aromatic carbocycles. The lowest BCUT2D eigenvalue weighted by Gasteiger charge is -2.22. The predicted molar refractivity (Wildman–Crippen MR) is 97.9 cm³/mol. The minimum absolute atomic E-state index is 0.00707. The van der Waals surface area contributed by atoms with E-state index >= 15 is 0 Å². The van der Waals surface area contributed by atoms with Crippen molar-refractivity contribution in [3.05, 3.63) is 36.0 Å². The number of methoxy groups -OCH3 is 1. The number of hydrogen-bond donors (Lipinski definition) is 2. The molecule has 1 heterocycles. The Morgan fingerprint density at radius 1 is 1.12 bits per heavy atom. The Kier molecular flexibility index (Phi) is 6.38. The van der Waals surface area contributed by atoms with Crippen LogP contribution in [0.3, 0.4) is 0 Å². The molecule has 2 amide bonds. The van der Waals surface area contributed by atoms with E-state index in [-0.39, 0.29) is 23.6 Å². The first kappa shape index (κ1) is 19.5. The maximum absolute atomic E-state index is 12.5. The molecule has 7 heteroatoms. The second kappa shape index (κ2) is 8.51. The Morgan fingerprint density at radius 2 is 1.85 bits per heavy atom. The van der Waals surface area contributed by atoms with Crippen LogP contribution in [0, 0.1) is 5.92 Å². The summed E-state index contributed by atoms with van der Waals surface area (Å²) in [5, 5.41) is 9.36. The summed E-state index contributed by atoms with van der Waals surface area (Å²) in [6, 6.07) is 8.14. The molecule has 2 rings (SSSR count). The summed E-state index contributed by atoms with van der Waals surface area (Å²) >= 11 is 0. The Balaban J connectivity index is 2.14. The van der Waals surface area contributed by atoms with Crippen molar-refractivity contribution in [2.45, 2.75) is 39.8 Å². The van der Waals surface area contributed by atoms with Crippen LogP contribution in [0.4, 0.5) is 0 Å². The molecule has 0 radical (unpaired) electrons. The van der Waals surface area contributed by atoms with Gasteiger partial charge >= 0.3 is 0 Å². The summed E-state index contributed by atoms with van der Waals surface area (Å²) in [4.78, 5) is 24.8. The third-order valence-electron chi connectivity index (χ3n) is 3.76. The van der Waals surface area contributed by atoms with Crippen LogP contribution in [0.25, 0.3) is 11.3 Å². The Labute approximate surface area is 153 Å². The van der Waals surface area contributed by atoms with E-state index in [2.05, 4.69) is 15.8 Å². The van der Waals surface area contributed by atoms with E-state index in [1.807, 2.05) is 45.9 Å². The first-order valence-corrected chi connectivity index (χ1v) is 8.54. The van der Waals surface area contributed by atoms with E-state index < -0.39 is 11.9 Å². The summed E-state index contributed by atoms with van der Waals surface area (Å²) in [6.45, 7) is 7.48. The fourth-order valence-corrected chi connectivity index (χ4v) is 2.42. The van der Waals surface area contributed by atoms with Gasteiger partial charge in [-0.15, -0.1) is 0 Å². The maximum Gasteiger partial charge on any atom is 0.274 e. The van der Waals surface area contributed by atoms with Gasteiger partial charge in [-0.3, -0.25) is 9.59 Å². The molecule has 0 spiro atoms. The van der Waals surface area contributed by atoms with Crippen molar-refractivity contribution >= 4 is 11.8 Å². The van der Waals surface area contributed by atoms with Crippen molar-refractivity contribution in [2.75, 3.05) is 7.11 Å². The summed E-state index contributed by atoms with van der Waals surface area (Å²) in [6.07, 6.45) is 0. The zero-order chi connectivity index (χ0) is 19.3. The molecule has 1 aromatic heterocycles. The molecule has 7 nitrogen and oxygen atoms in total. The normalized spacial score (nSPS) is 12.1. The largest absolute Gasteiger partial charge is 0.497 e. The van der Waals surface area contributed by atoms with Crippen LogP contribution < -0.4 is 15.4 Å². The van der Waals surface area contributed by atoms with Crippen molar-refractivity contribution in [2.24, 2.45) is 5.92 Å². The molecule has 26 heavy (non-hydrogen) atoms. The van der Waals surface area contributed by atoms with E-state index in [0.717, 1.165) is 5.56 Å². The molecule has 1 atom stereocenters. The zero-order valence-corrected chi connectivity index (χ0v) is 15.7. The average molecular weight is 359 g/mol. The number of ether oxygens (including phenoxy) is 1. The molecule has 0 aliphatic heterocycles. The van der Waals surface area contributed by atoms with Gasteiger partial charge in [0.1, 0.15) is 11.8 Å². The van der Waals surface area contributed by atoms with Crippen molar-refractivity contribution < 1.29 is 18.8 Å². The van der Waals surface area contributed by atoms with Crippen LogP contribution in [0.15, 0.2) is 34.9 Å². The lowest BCUT2D eigenvalue weighted by atomic mass is 10.0. The molecule has 0 saturated heterocycles. The molecule has 2 aromatic rings. The highest BCUT2D eigenvalue weighted by molar-refractivity contribution is 5.96. The second-order valence-corrected chi connectivity index (χ2v) is 6.67. The van der Waals surface area contributed by atoms with Crippen molar-refractivity contribution in [1.82, 2.24) is 15.8 Å². The molecule has 0 saturated carbocycles. The van der Waals surface area contributed by atoms with Crippen molar-refractivity contribution in [1.29, 1.82) is 0 Å². The fraction of sp³-hybridized carbons (Fsp3) is 0.421. The first-order chi connectivity index (χ1) is 12.3. The van der Waals surface area contributed by atoms with Crippen molar-refractivity contribution in [3.8, 4) is 17.1 Å². The van der Waals surface area contributed by atoms with E-state index in [1.54, 1.807) is 19.2 Å². The van der Waals surface area contributed by atoms with Gasteiger partial charge in [-0.05, 0) is 31.9 Å². The van der Waals surface area contributed by atoms with Gasteiger partial charge in [0, 0.05) is 17.7 Å². The van der Waals surface area contributed by atoms with Crippen LogP contribution in [0.1, 0.15) is 38.2 Å². The molecule has 0 aliphatic carbocycles. The number of rotatable bonds is 7. The highest BCUT2D eigenvalue weighted by Crippen LogP contribution is 2.24. The minimum atomic E-state index is -0.651. The monoisotopic (exact) mass is 359 g/mol. The molecule has 0 aliphatic rings. The van der Waals surface area contributed by atoms with Crippen LogP contribution in [-0.4, -0.2) is 36.2 Å². The number of carbonyl (C=O) groups excluding carboxylic acids is 2. The average Bonchev–Trinajstić information content (AvgIpc) is 3.08. The Bertz CT molecular complexity index is 768. The molecule has 2 N–H and O–H groups in total. The zero-order valence-electron chi connectivity index (χ0n) is 15.7. The lowest BCUT2D eigenvalue weighted by Crippen LogP contribution is -2.51. The Hall–Kier alpha value is -2.83. The molecular weight excluding hydrogens is 334 g/mol. The minimum Gasteiger partial charge on any atom is -0.497 e. The number of carbonyl (C=O) groups is 2. The smallest absolute Gasteiger partial charge is 0.274 e. The van der Waals surface area contributed by atoms with Gasteiger partial charge in [-0.1, -0.05) is 31.1 Å². The topological polar surface area (TPSA) is 93.5 Å². The number of aromatic nitrogens is 1. The van der Waals surface area contributed by atoms with E-state index in [1.165, 1.54) is 0 Å². The molecule has 140 valence electrons. The van der Waals surface area contributed by atoms with Gasteiger partial charge in [-0.25, -0.2) is 0 Å². The SMILES string of the molecule is COc1cccc(-c2cc(C(=O)NC(C(=O)NC(C)C)C(C)C)no2)c1. The standard InChI is InChI=1S/C19H25N3O4/c1-11(2)17(19(24)20-12(3)4)21-18(23)15-10-16(26-22-15)13-7-6-8-14(9-13)25-5/h6-12,17H,1-5H3,(H,20,24)(H,21,23). The summed E-state index contributed by atoms with van der Waals surface area (Å²) in [5.74, 6) is 0.375. The Morgan fingerprint density at radius 3 is 2.46 bits per heavy atom. The first-order valence-electron chi connectivity index (χ1n) is 8.54. The van der Waals surface area contributed by atoms with Gasteiger partial charge in [0.15, 0.2) is 11.5 Å². The highest BCUT2D eigenvalue weighted by atomic mass is 16.5. The molecule has 0 fully saturated rings. The highest BCUT2D eigenvalue weighted by Gasteiger charge is 2.26. The number of benzene rings is 1. The van der Waals surface area contributed by atoms with Crippen LogP contribution >= 0.6 is 0 Å². The van der Waals surface area contributed by atoms with Crippen LogP contribution in [0.2, 0.25) is 0 Å².